The Morgan fingerprint density at radius 1 is 1.00 bits per heavy atom. The van der Waals surface area contributed by atoms with E-state index in [1.807, 2.05) is 23.1 Å². The van der Waals surface area contributed by atoms with Gasteiger partial charge in [-0.05, 0) is 73.4 Å². The van der Waals surface area contributed by atoms with E-state index in [0.29, 0.717) is 65.9 Å². The van der Waals surface area contributed by atoms with Crippen LogP contribution in [0.15, 0.2) is 78.9 Å². The number of carbonyl (C=O) groups excluding carboxylic acids is 2. The molecule has 1 aliphatic heterocycles. The number of ether oxygens (including phenoxy) is 2. The monoisotopic (exact) mass is 740 g/mol. The van der Waals surface area contributed by atoms with E-state index in [0.717, 1.165) is 30.9 Å². The maximum atomic E-state index is 14.8. The van der Waals surface area contributed by atoms with Crippen LogP contribution < -0.4 is 24.4 Å². The molecule has 14 heteroatoms. The van der Waals surface area contributed by atoms with E-state index in [9.17, 15) is 26.8 Å². The van der Waals surface area contributed by atoms with E-state index in [1.165, 1.54) is 12.1 Å². The number of hydrogen-bond donors (Lipinski definition) is 2. The average Bonchev–Trinajstić information content (AvgIpc) is 3.49. The summed E-state index contributed by atoms with van der Waals surface area (Å²) >= 11 is 6.31. The van der Waals surface area contributed by atoms with E-state index >= 15 is 0 Å². The van der Waals surface area contributed by atoms with Gasteiger partial charge in [0.15, 0.2) is 6.61 Å². The molecule has 0 aromatic heterocycles. The first-order valence-electron chi connectivity index (χ1n) is 16.3. The van der Waals surface area contributed by atoms with Crippen molar-refractivity contribution >= 4 is 44.8 Å². The molecule has 4 aromatic carbocycles. The fourth-order valence-corrected chi connectivity index (χ4v) is 6.46. The fourth-order valence-electron chi connectivity index (χ4n) is 5.67. The number of nitrogens with one attached hydrogen (secondary N) is 2. The van der Waals surface area contributed by atoms with Crippen molar-refractivity contribution in [1.82, 2.24) is 10.2 Å². The van der Waals surface area contributed by atoms with Gasteiger partial charge in [0.25, 0.3) is 5.91 Å². The number of rotatable bonds is 16. The summed E-state index contributed by atoms with van der Waals surface area (Å²) in [5.41, 5.74) is 2.80. The number of likely N-dealkylation sites (tertiary alicyclic amines) is 1. The topological polar surface area (TPSA) is 117 Å². The van der Waals surface area contributed by atoms with Gasteiger partial charge in [0.2, 0.25) is 15.9 Å². The first-order valence-corrected chi connectivity index (χ1v) is 18.6. The second-order valence-electron chi connectivity index (χ2n) is 12.2. The summed E-state index contributed by atoms with van der Waals surface area (Å²) in [5.74, 6) is -0.325. The van der Waals surface area contributed by atoms with Gasteiger partial charge in [0.1, 0.15) is 28.9 Å². The van der Waals surface area contributed by atoms with E-state index in [1.54, 1.807) is 54.3 Å². The van der Waals surface area contributed by atoms with Crippen molar-refractivity contribution in [2.24, 2.45) is 0 Å². The number of benzene rings is 4. The summed E-state index contributed by atoms with van der Waals surface area (Å²) in [5, 5.41) is 3.09. The predicted molar refractivity (Wildman–Crippen MR) is 193 cm³/mol. The lowest BCUT2D eigenvalue weighted by Crippen LogP contribution is -2.33. The molecule has 1 heterocycles. The minimum Gasteiger partial charge on any atom is -0.482 e. The molecule has 51 heavy (non-hydrogen) atoms. The SMILES string of the molecule is Cc1c(NS(C)(=O)=O)cccc1N(Cc1ccc(Oc2ccc(Cl)c(OCC(=O)NCCCN3CCCC3=O)c2)cc1)Cc1ccc(F)cc1F. The van der Waals surface area contributed by atoms with Gasteiger partial charge < -0.3 is 24.6 Å². The Balaban J connectivity index is 1.23. The second-order valence-corrected chi connectivity index (χ2v) is 14.4. The smallest absolute Gasteiger partial charge is 0.257 e. The van der Waals surface area contributed by atoms with Crippen LogP contribution in [0.5, 0.6) is 17.2 Å². The van der Waals surface area contributed by atoms with E-state index in [-0.39, 0.29) is 36.3 Å². The molecule has 0 radical (unpaired) electrons. The Bertz CT molecular complexity index is 1980. The summed E-state index contributed by atoms with van der Waals surface area (Å²) in [6.07, 6.45) is 3.18. The number of carbonyl (C=O) groups is 2. The molecule has 0 unspecified atom stereocenters. The second kappa shape index (κ2) is 16.9. The summed E-state index contributed by atoms with van der Waals surface area (Å²) in [4.78, 5) is 27.7. The minimum absolute atomic E-state index is 0.0821. The number of anilines is 2. The third kappa shape index (κ3) is 10.8. The Hall–Kier alpha value is -4.88. The summed E-state index contributed by atoms with van der Waals surface area (Å²) < 4.78 is 66.6. The lowest BCUT2D eigenvalue weighted by Gasteiger charge is -2.28. The van der Waals surface area contributed by atoms with Gasteiger partial charge in [-0.25, -0.2) is 17.2 Å². The molecular weight excluding hydrogens is 702 g/mol. The molecule has 10 nitrogen and oxygen atoms in total. The molecule has 0 atom stereocenters. The number of hydrogen-bond acceptors (Lipinski definition) is 7. The number of amides is 2. The Morgan fingerprint density at radius 3 is 2.47 bits per heavy atom. The van der Waals surface area contributed by atoms with E-state index in [2.05, 4.69) is 10.0 Å². The molecule has 4 aromatic rings. The molecule has 0 saturated carbocycles. The Morgan fingerprint density at radius 2 is 1.76 bits per heavy atom. The average molecular weight is 741 g/mol. The number of halogens is 3. The summed E-state index contributed by atoms with van der Waals surface area (Å²) in [6, 6.07) is 20.6. The van der Waals surface area contributed by atoms with Crippen LogP contribution in [0.25, 0.3) is 0 Å². The van der Waals surface area contributed by atoms with Crippen LogP contribution in [0.3, 0.4) is 0 Å². The molecule has 0 bridgehead atoms. The lowest BCUT2D eigenvalue weighted by molar-refractivity contribution is -0.127. The maximum absolute atomic E-state index is 14.8. The van der Waals surface area contributed by atoms with E-state index < -0.39 is 21.7 Å². The van der Waals surface area contributed by atoms with Gasteiger partial charge in [-0.15, -0.1) is 0 Å². The van der Waals surface area contributed by atoms with Crippen molar-refractivity contribution in [3.63, 3.8) is 0 Å². The largest absolute Gasteiger partial charge is 0.482 e. The zero-order valence-corrected chi connectivity index (χ0v) is 29.8. The highest BCUT2D eigenvalue weighted by Crippen LogP contribution is 2.33. The molecule has 1 fully saturated rings. The highest BCUT2D eigenvalue weighted by atomic mass is 35.5. The molecule has 0 spiro atoms. The van der Waals surface area contributed by atoms with Gasteiger partial charge in [0, 0.05) is 62.5 Å². The van der Waals surface area contributed by atoms with Crippen molar-refractivity contribution < 1.29 is 36.3 Å². The van der Waals surface area contributed by atoms with Crippen molar-refractivity contribution in [2.75, 3.05) is 42.1 Å². The normalized spacial score (nSPS) is 12.9. The highest BCUT2D eigenvalue weighted by Gasteiger charge is 2.20. The van der Waals surface area contributed by atoms with Gasteiger partial charge in [-0.3, -0.25) is 14.3 Å². The van der Waals surface area contributed by atoms with Gasteiger partial charge in [-0.1, -0.05) is 35.9 Å². The minimum atomic E-state index is -3.55. The molecule has 5 rings (SSSR count). The van der Waals surface area contributed by atoms with Crippen LogP contribution in [-0.2, 0) is 32.7 Å². The van der Waals surface area contributed by atoms with Crippen LogP contribution in [0.1, 0.15) is 36.0 Å². The van der Waals surface area contributed by atoms with Crippen LogP contribution in [0, 0.1) is 18.6 Å². The fraction of sp³-hybridized carbons (Fsp3) is 0.297. The summed E-state index contributed by atoms with van der Waals surface area (Å²) in [6.45, 7) is 3.71. The van der Waals surface area contributed by atoms with Gasteiger partial charge in [-0.2, -0.15) is 0 Å². The molecule has 1 saturated heterocycles. The van der Waals surface area contributed by atoms with Crippen molar-refractivity contribution in [1.29, 1.82) is 0 Å². The zero-order valence-electron chi connectivity index (χ0n) is 28.3. The molecule has 270 valence electrons. The Labute approximate surface area is 301 Å². The van der Waals surface area contributed by atoms with Crippen LogP contribution in [0.2, 0.25) is 5.02 Å². The van der Waals surface area contributed by atoms with Gasteiger partial charge in [0.05, 0.1) is 17.0 Å². The quantitative estimate of drug-likeness (QED) is 0.121. The first kappa shape index (κ1) is 37.4. The van der Waals surface area contributed by atoms with Gasteiger partial charge >= 0.3 is 0 Å². The zero-order chi connectivity index (χ0) is 36.5. The van der Waals surface area contributed by atoms with E-state index in [4.69, 9.17) is 21.1 Å². The maximum Gasteiger partial charge on any atom is 0.257 e. The molecular formula is C37H39ClF2N4O6S. The van der Waals surface area contributed by atoms with Crippen LogP contribution >= 0.6 is 11.6 Å². The molecule has 0 aliphatic carbocycles. The number of nitrogens with zero attached hydrogens (tertiary/aromatic N) is 2. The first-order chi connectivity index (χ1) is 24.3. The highest BCUT2D eigenvalue weighted by molar-refractivity contribution is 7.92. The Kier molecular flexibility index (Phi) is 12.4. The van der Waals surface area contributed by atoms with Crippen molar-refractivity contribution in [3.05, 3.63) is 112 Å². The third-order valence-electron chi connectivity index (χ3n) is 8.21. The standard InChI is InChI=1S/C37H39ClF2N4O6S/c1-25-33(42-51(2,47)48)6-3-7-34(25)44(23-27-11-12-28(39)20-32(27)40)22-26-9-13-29(14-10-26)50-30-15-16-31(38)35(21-30)49-24-36(45)41-17-5-19-43-18-4-8-37(43)46/h3,6-7,9-16,20-21,42H,4-5,8,17-19,22-24H2,1-2H3,(H,41,45). The third-order valence-corrected chi connectivity index (χ3v) is 9.11. The van der Waals surface area contributed by atoms with Crippen LogP contribution in [0.4, 0.5) is 20.2 Å². The predicted octanol–water partition coefficient (Wildman–Crippen LogP) is 6.80. The van der Waals surface area contributed by atoms with Crippen molar-refractivity contribution in [3.8, 4) is 17.2 Å². The molecule has 1 aliphatic rings. The lowest BCUT2D eigenvalue weighted by atomic mass is 10.1. The summed E-state index contributed by atoms with van der Waals surface area (Å²) in [7, 11) is -3.55. The van der Waals surface area contributed by atoms with Crippen molar-refractivity contribution in [2.45, 2.75) is 39.3 Å². The molecule has 2 amide bonds. The van der Waals surface area contributed by atoms with Crippen LogP contribution in [-0.4, -0.2) is 57.6 Å². The number of sulfonamides is 1. The molecule has 2 N–H and O–H groups in total.